The molecule has 20 heavy (non-hydrogen) atoms. The fourth-order valence-corrected chi connectivity index (χ4v) is 1.97. The van der Waals surface area contributed by atoms with E-state index in [4.69, 9.17) is 11.5 Å². The highest BCUT2D eigenvalue weighted by Crippen LogP contribution is 2.14. The molecule has 0 spiro atoms. The Morgan fingerprint density at radius 3 is 2.55 bits per heavy atom. The van der Waals surface area contributed by atoms with Gasteiger partial charge in [0.1, 0.15) is 0 Å². The van der Waals surface area contributed by atoms with Crippen LogP contribution in [0.1, 0.15) is 10.4 Å². The molecule has 8 nitrogen and oxygen atoms in total. The lowest BCUT2D eigenvalue weighted by Gasteiger charge is -2.04. The number of nitrogens with two attached hydrogens (primary N) is 2. The van der Waals surface area contributed by atoms with E-state index in [9.17, 15) is 9.59 Å². The number of hydrogen-bond donors (Lipinski definition) is 4. The van der Waals surface area contributed by atoms with Crippen molar-refractivity contribution < 1.29 is 9.59 Å². The summed E-state index contributed by atoms with van der Waals surface area (Å²) in [7, 11) is 0. The number of aromatic nitrogens is 3. The lowest BCUT2D eigenvalue weighted by atomic mass is 10.2. The number of nitrogens with one attached hydrogen (secondary N) is 2. The van der Waals surface area contributed by atoms with Gasteiger partial charge in [0.05, 0.1) is 5.75 Å². The molecule has 2 rings (SSSR count). The molecule has 0 unspecified atom stereocenters. The van der Waals surface area contributed by atoms with E-state index in [2.05, 4.69) is 20.5 Å². The molecule has 1 aromatic heterocycles. The van der Waals surface area contributed by atoms with Crippen molar-refractivity contribution in [3.05, 3.63) is 29.8 Å². The van der Waals surface area contributed by atoms with Crippen LogP contribution in [0, 0.1) is 0 Å². The molecule has 0 aliphatic carbocycles. The van der Waals surface area contributed by atoms with Crippen LogP contribution in [0.2, 0.25) is 0 Å². The number of carbonyl (C=O) groups is 2. The quantitative estimate of drug-likeness (QED) is 0.581. The predicted molar refractivity (Wildman–Crippen MR) is 75.1 cm³/mol. The van der Waals surface area contributed by atoms with Crippen LogP contribution in [0.5, 0.6) is 0 Å². The van der Waals surface area contributed by atoms with Crippen LogP contribution in [0.15, 0.2) is 29.4 Å². The van der Waals surface area contributed by atoms with E-state index in [0.29, 0.717) is 16.4 Å². The van der Waals surface area contributed by atoms with Crippen molar-refractivity contribution in [2.45, 2.75) is 5.16 Å². The molecule has 104 valence electrons. The van der Waals surface area contributed by atoms with E-state index in [0.717, 1.165) is 11.8 Å². The SMILES string of the molecule is NC(=O)c1ccc(NC(=O)CSc2n[nH]c(N)n2)cc1. The van der Waals surface area contributed by atoms with Crippen LogP contribution < -0.4 is 16.8 Å². The van der Waals surface area contributed by atoms with Crippen molar-refractivity contribution >= 4 is 35.2 Å². The van der Waals surface area contributed by atoms with Gasteiger partial charge in [-0.1, -0.05) is 11.8 Å². The smallest absolute Gasteiger partial charge is 0.248 e. The van der Waals surface area contributed by atoms with Crippen LogP contribution in [0.3, 0.4) is 0 Å². The first-order valence-electron chi connectivity index (χ1n) is 5.55. The van der Waals surface area contributed by atoms with E-state index < -0.39 is 5.91 Å². The Morgan fingerprint density at radius 2 is 2.00 bits per heavy atom. The summed E-state index contributed by atoms with van der Waals surface area (Å²) < 4.78 is 0. The molecule has 0 radical (unpaired) electrons. The molecule has 0 saturated carbocycles. The van der Waals surface area contributed by atoms with Crippen LogP contribution in [-0.4, -0.2) is 32.7 Å². The van der Waals surface area contributed by atoms with Gasteiger partial charge < -0.3 is 16.8 Å². The van der Waals surface area contributed by atoms with Crippen LogP contribution in [0.4, 0.5) is 11.6 Å². The van der Waals surface area contributed by atoms with E-state index in [-0.39, 0.29) is 17.6 Å². The van der Waals surface area contributed by atoms with Crippen LogP contribution in [-0.2, 0) is 4.79 Å². The van der Waals surface area contributed by atoms with Crippen molar-refractivity contribution in [3.8, 4) is 0 Å². The Morgan fingerprint density at radius 1 is 1.30 bits per heavy atom. The summed E-state index contributed by atoms with van der Waals surface area (Å²) in [5.74, 6) is -0.379. The Hall–Kier alpha value is -2.55. The molecule has 9 heteroatoms. The summed E-state index contributed by atoms with van der Waals surface area (Å²) in [6.45, 7) is 0. The number of primary amides is 1. The zero-order valence-corrected chi connectivity index (χ0v) is 11.1. The fraction of sp³-hybridized carbons (Fsp3) is 0.0909. The Labute approximate surface area is 118 Å². The molecule has 0 atom stereocenters. The van der Waals surface area contributed by atoms with Gasteiger partial charge in [-0.05, 0) is 24.3 Å². The minimum absolute atomic E-state index is 0.148. The average molecular weight is 292 g/mol. The van der Waals surface area contributed by atoms with Crippen molar-refractivity contribution in [1.29, 1.82) is 0 Å². The maximum atomic E-state index is 11.7. The van der Waals surface area contributed by atoms with Gasteiger partial charge in [0.2, 0.25) is 22.9 Å². The molecule has 0 fully saturated rings. The number of hydrogen-bond acceptors (Lipinski definition) is 6. The summed E-state index contributed by atoms with van der Waals surface area (Å²) in [6, 6.07) is 6.29. The zero-order valence-electron chi connectivity index (χ0n) is 10.3. The highest BCUT2D eigenvalue weighted by molar-refractivity contribution is 7.99. The van der Waals surface area contributed by atoms with Gasteiger partial charge in [-0.25, -0.2) is 5.10 Å². The number of carbonyl (C=O) groups excluding carboxylic acids is 2. The Bertz CT molecular complexity index is 624. The minimum Gasteiger partial charge on any atom is -0.368 e. The maximum Gasteiger partial charge on any atom is 0.248 e. The molecule has 0 saturated heterocycles. The lowest BCUT2D eigenvalue weighted by Crippen LogP contribution is -2.15. The maximum absolute atomic E-state index is 11.7. The molecular weight excluding hydrogens is 280 g/mol. The van der Waals surface area contributed by atoms with E-state index in [1.807, 2.05) is 0 Å². The summed E-state index contributed by atoms with van der Waals surface area (Å²) >= 11 is 1.16. The number of benzene rings is 1. The van der Waals surface area contributed by atoms with Crippen molar-refractivity contribution in [2.24, 2.45) is 5.73 Å². The first-order valence-corrected chi connectivity index (χ1v) is 6.53. The predicted octanol–water partition coefficient (Wildman–Crippen LogP) is 0.217. The van der Waals surface area contributed by atoms with Gasteiger partial charge >= 0.3 is 0 Å². The largest absolute Gasteiger partial charge is 0.368 e. The molecule has 1 aromatic carbocycles. The normalized spacial score (nSPS) is 10.2. The van der Waals surface area contributed by atoms with Crippen molar-refractivity contribution in [2.75, 3.05) is 16.8 Å². The van der Waals surface area contributed by atoms with Crippen molar-refractivity contribution in [1.82, 2.24) is 15.2 Å². The highest BCUT2D eigenvalue weighted by atomic mass is 32.2. The number of nitrogen functional groups attached to an aromatic ring is 1. The van der Waals surface area contributed by atoms with Crippen LogP contribution in [0.25, 0.3) is 0 Å². The monoisotopic (exact) mass is 292 g/mol. The Balaban J connectivity index is 1.86. The van der Waals surface area contributed by atoms with Gasteiger partial charge in [0, 0.05) is 11.3 Å². The number of aromatic amines is 1. The molecular formula is C11H12N6O2S. The average Bonchev–Trinajstić information content (AvgIpc) is 2.83. The molecule has 0 aliphatic rings. The third-order valence-electron chi connectivity index (χ3n) is 2.27. The van der Waals surface area contributed by atoms with Gasteiger partial charge in [-0.2, -0.15) is 4.98 Å². The minimum atomic E-state index is -0.513. The van der Waals surface area contributed by atoms with Crippen molar-refractivity contribution in [3.63, 3.8) is 0 Å². The summed E-state index contributed by atoms with van der Waals surface area (Å²) in [5, 5.41) is 9.36. The number of anilines is 2. The molecule has 0 bridgehead atoms. The molecule has 6 N–H and O–H groups in total. The zero-order chi connectivity index (χ0) is 14.5. The number of thioether (sulfide) groups is 1. The molecule has 0 aliphatic heterocycles. The highest BCUT2D eigenvalue weighted by Gasteiger charge is 2.07. The number of H-pyrrole nitrogens is 1. The first-order chi connectivity index (χ1) is 9.54. The molecule has 1 heterocycles. The van der Waals surface area contributed by atoms with Crippen LogP contribution >= 0.6 is 11.8 Å². The van der Waals surface area contributed by atoms with Gasteiger partial charge in [0.15, 0.2) is 0 Å². The lowest BCUT2D eigenvalue weighted by molar-refractivity contribution is -0.113. The van der Waals surface area contributed by atoms with Gasteiger partial charge in [-0.3, -0.25) is 9.59 Å². The topological polar surface area (TPSA) is 140 Å². The number of amides is 2. The van der Waals surface area contributed by atoms with Gasteiger partial charge in [-0.15, -0.1) is 5.10 Å². The standard InChI is InChI=1S/C11H12N6O2S/c12-9(19)6-1-3-7(4-2-6)14-8(18)5-20-11-15-10(13)16-17-11/h1-4H,5H2,(H2,12,19)(H,14,18)(H3,13,15,16,17). The summed E-state index contributed by atoms with van der Waals surface area (Å²) in [4.78, 5) is 26.5. The Kier molecular flexibility index (Phi) is 4.20. The number of rotatable bonds is 5. The second-order valence-electron chi connectivity index (χ2n) is 3.78. The van der Waals surface area contributed by atoms with E-state index in [1.165, 1.54) is 0 Å². The fourth-order valence-electron chi connectivity index (χ4n) is 1.37. The summed E-state index contributed by atoms with van der Waals surface area (Å²) in [5.41, 5.74) is 11.5. The van der Waals surface area contributed by atoms with E-state index >= 15 is 0 Å². The second kappa shape index (κ2) is 6.06. The third kappa shape index (κ3) is 3.72. The molecule has 2 aromatic rings. The number of nitrogens with zero attached hydrogens (tertiary/aromatic N) is 2. The first kappa shape index (κ1) is 13.9. The van der Waals surface area contributed by atoms with E-state index in [1.54, 1.807) is 24.3 Å². The summed E-state index contributed by atoms with van der Waals surface area (Å²) in [6.07, 6.45) is 0. The third-order valence-corrected chi connectivity index (χ3v) is 3.12. The van der Waals surface area contributed by atoms with Gasteiger partial charge in [0.25, 0.3) is 0 Å². The second-order valence-corrected chi connectivity index (χ2v) is 4.72. The molecule has 2 amide bonds.